The molecule has 2 N–H and O–H groups in total. The van der Waals surface area contributed by atoms with Gasteiger partial charge in [0.05, 0.1) is 11.3 Å². The molecule has 0 saturated carbocycles. The summed E-state index contributed by atoms with van der Waals surface area (Å²) in [6.45, 7) is 2.31. The summed E-state index contributed by atoms with van der Waals surface area (Å²) < 4.78 is 0. The summed E-state index contributed by atoms with van der Waals surface area (Å²) in [5.41, 5.74) is 1.41. The lowest BCUT2D eigenvalue weighted by Crippen LogP contribution is -2.54. The van der Waals surface area contributed by atoms with E-state index < -0.39 is 0 Å². The van der Waals surface area contributed by atoms with Crippen molar-refractivity contribution in [3.8, 4) is 0 Å². The van der Waals surface area contributed by atoms with Crippen molar-refractivity contribution >= 4 is 29.0 Å². The zero-order valence-electron chi connectivity index (χ0n) is 11.4. The molecule has 0 spiro atoms. The number of hydrogen-bond acceptors (Lipinski definition) is 4. The topological polar surface area (TPSA) is 41.1 Å². The normalized spacial score (nSPS) is 36.5. The van der Waals surface area contributed by atoms with Gasteiger partial charge in [-0.2, -0.15) is 0 Å². The third-order valence-electron chi connectivity index (χ3n) is 4.47. The van der Waals surface area contributed by atoms with Crippen LogP contribution in [-0.4, -0.2) is 11.3 Å². The van der Waals surface area contributed by atoms with Gasteiger partial charge in [0.1, 0.15) is 6.17 Å². The standard InChI is InChI=1S/C15H18N2OS2/c1-8-4-5-9-11(7-8)20-15-12(9)14(18)16-13(17-15)10-3-2-6-19-10/h2-3,6,8,12-13,15,17H,4-5,7H2,1H3,(H,16,18). The molecular formula is C15H18N2OS2. The van der Waals surface area contributed by atoms with E-state index in [-0.39, 0.29) is 23.4 Å². The second kappa shape index (κ2) is 4.90. The van der Waals surface area contributed by atoms with Crippen LogP contribution in [0.4, 0.5) is 0 Å². The first-order valence-electron chi connectivity index (χ1n) is 7.21. The summed E-state index contributed by atoms with van der Waals surface area (Å²) in [5.74, 6) is 1.02. The Kier molecular flexibility index (Phi) is 3.16. The Hall–Kier alpha value is -0.780. The minimum Gasteiger partial charge on any atom is -0.335 e. The maximum Gasteiger partial charge on any atom is 0.231 e. The average molecular weight is 306 g/mol. The highest BCUT2D eigenvalue weighted by molar-refractivity contribution is 8.04. The number of amides is 1. The van der Waals surface area contributed by atoms with Gasteiger partial charge in [0.25, 0.3) is 0 Å². The predicted octanol–water partition coefficient (Wildman–Crippen LogP) is 3.23. The molecule has 2 aliphatic heterocycles. The third kappa shape index (κ3) is 2.03. The van der Waals surface area contributed by atoms with Gasteiger partial charge in [0.2, 0.25) is 5.91 Å². The number of thiophene rings is 1. The summed E-state index contributed by atoms with van der Waals surface area (Å²) in [7, 11) is 0. The van der Waals surface area contributed by atoms with E-state index >= 15 is 0 Å². The molecule has 3 heterocycles. The lowest BCUT2D eigenvalue weighted by Gasteiger charge is -2.34. The molecule has 3 nitrogen and oxygen atoms in total. The van der Waals surface area contributed by atoms with Gasteiger partial charge in [-0.15, -0.1) is 23.1 Å². The van der Waals surface area contributed by atoms with Crippen LogP contribution in [0.1, 0.15) is 37.2 Å². The summed E-state index contributed by atoms with van der Waals surface area (Å²) in [6, 6.07) is 4.12. The first-order chi connectivity index (χ1) is 9.72. The van der Waals surface area contributed by atoms with Crippen LogP contribution in [0.25, 0.3) is 0 Å². The maximum atomic E-state index is 12.5. The van der Waals surface area contributed by atoms with Crippen LogP contribution in [-0.2, 0) is 4.79 Å². The van der Waals surface area contributed by atoms with Gasteiger partial charge in [-0.05, 0) is 47.1 Å². The first kappa shape index (κ1) is 12.9. The van der Waals surface area contributed by atoms with E-state index in [9.17, 15) is 4.79 Å². The number of fused-ring (bicyclic) bond motifs is 2. The van der Waals surface area contributed by atoms with Crippen LogP contribution >= 0.6 is 23.1 Å². The zero-order chi connectivity index (χ0) is 13.7. The Balaban J connectivity index is 1.58. The SMILES string of the molecule is CC1CCC2=C(C1)SC1NC(c3cccs3)NC(=O)C21. The van der Waals surface area contributed by atoms with Crippen LogP contribution in [0, 0.1) is 11.8 Å². The van der Waals surface area contributed by atoms with Crippen molar-refractivity contribution in [2.24, 2.45) is 11.8 Å². The molecule has 1 fully saturated rings. The van der Waals surface area contributed by atoms with Crippen LogP contribution < -0.4 is 10.6 Å². The van der Waals surface area contributed by atoms with E-state index in [4.69, 9.17) is 0 Å². The van der Waals surface area contributed by atoms with E-state index in [2.05, 4.69) is 29.0 Å². The molecule has 3 aliphatic rings. The van der Waals surface area contributed by atoms with Crippen molar-refractivity contribution in [3.05, 3.63) is 32.9 Å². The Morgan fingerprint density at radius 2 is 2.30 bits per heavy atom. The third-order valence-corrected chi connectivity index (χ3v) is 6.79. The number of hydrogen-bond donors (Lipinski definition) is 2. The summed E-state index contributed by atoms with van der Waals surface area (Å²) in [5, 5.41) is 9.05. The lowest BCUT2D eigenvalue weighted by atomic mass is 9.83. The van der Waals surface area contributed by atoms with Crippen molar-refractivity contribution in [2.45, 2.75) is 37.7 Å². The summed E-state index contributed by atoms with van der Waals surface area (Å²) >= 11 is 3.59. The fourth-order valence-electron chi connectivity index (χ4n) is 3.42. The monoisotopic (exact) mass is 306 g/mol. The molecule has 1 aliphatic carbocycles. The highest BCUT2D eigenvalue weighted by atomic mass is 32.2. The van der Waals surface area contributed by atoms with Crippen LogP contribution in [0.5, 0.6) is 0 Å². The van der Waals surface area contributed by atoms with Gasteiger partial charge in [0, 0.05) is 4.88 Å². The van der Waals surface area contributed by atoms with E-state index in [1.807, 2.05) is 17.8 Å². The summed E-state index contributed by atoms with van der Waals surface area (Å²) in [4.78, 5) is 15.2. The number of carbonyl (C=O) groups is 1. The molecule has 4 atom stereocenters. The quantitative estimate of drug-likeness (QED) is 0.837. The maximum absolute atomic E-state index is 12.5. The van der Waals surface area contributed by atoms with Gasteiger partial charge in [-0.3, -0.25) is 10.1 Å². The zero-order valence-corrected chi connectivity index (χ0v) is 13.0. The fraction of sp³-hybridized carbons (Fsp3) is 0.533. The molecular weight excluding hydrogens is 288 g/mol. The van der Waals surface area contributed by atoms with Crippen molar-refractivity contribution < 1.29 is 4.79 Å². The van der Waals surface area contributed by atoms with Gasteiger partial charge >= 0.3 is 0 Å². The highest BCUT2D eigenvalue weighted by Crippen LogP contribution is 2.50. The molecule has 20 heavy (non-hydrogen) atoms. The lowest BCUT2D eigenvalue weighted by molar-refractivity contribution is -0.127. The predicted molar refractivity (Wildman–Crippen MR) is 83.2 cm³/mol. The number of allylic oxidation sites excluding steroid dienone is 1. The van der Waals surface area contributed by atoms with E-state index in [0.29, 0.717) is 0 Å². The molecule has 1 aromatic rings. The fourth-order valence-corrected chi connectivity index (χ4v) is 5.85. The van der Waals surface area contributed by atoms with Gasteiger partial charge in [-0.25, -0.2) is 0 Å². The van der Waals surface area contributed by atoms with E-state index in [1.54, 1.807) is 11.3 Å². The minimum atomic E-state index is -0.0185. The molecule has 0 bridgehead atoms. The van der Waals surface area contributed by atoms with Crippen molar-refractivity contribution in [3.63, 3.8) is 0 Å². The van der Waals surface area contributed by atoms with Gasteiger partial charge in [-0.1, -0.05) is 13.0 Å². The molecule has 1 saturated heterocycles. The second-order valence-corrected chi connectivity index (χ2v) is 8.15. The van der Waals surface area contributed by atoms with Gasteiger partial charge < -0.3 is 5.32 Å². The smallest absolute Gasteiger partial charge is 0.231 e. The molecule has 1 amide bonds. The molecule has 4 unspecified atom stereocenters. The van der Waals surface area contributed by atoms with Gasteiger partial charge in [0.15, 0.2) is 0 Å². The second-order valence-electron chi connectivity index (χ2n) is 5.94. The first-order valence-corrected chi connectivity index (χ1v) is 8.96. The van der Waals surface area contributed by atoms with E-state index in [0.717, 1.165) is 18.8 Å². The number of carbonyl (C=O) groups excluding carboxylic acids is 1. The van der Waals surface area contributed by atoms with Crippen molar-refractivity contribution in [1.29, 1.82) is 0 Å². The highest BCUT2D eigenvalue weighted by Gasteiger charge is 2.46. The molecule has 106 valence electrons. The van der Waals surface area contributed by atoms with Crippen LogP contribution in [0.15, 0.2) is 28.0 Å². The molecule has 0 radical (unpaired) electrons. The van der Waals surface area contributed by atoms with Crippen molar-refractivity contribution in [2.75, 3.05) is 0 Å². The minimum absolute atomic E-state index is 0.0185. The summed E-state index contributed by atoms with van der Waals surface area (Å²) in [6.07, 6.45) is 3.47. The van der Waals surface area contributed by atoms with E-state index in [1.165, 1.54) is 21.8 Å². The number of thioether (sulfide) groups is 1. The van der Waals surface area contributed by atoms with Crippen LogP contribution in [0.2, 0.25) is 0 Å². The Morgan fingerprint density at radius 3 is 3.10 bits per heavy atom. The molecule has 1 aromatic heterocycles. The molecule has 5 heteroatoms. The Labute approximate surface area is 127 Å². The molecule has 0 aromatic carbocycles. The van der Waals surface area contributed by atoms with Crippen molar-refractivity contribution in [1.82, 2.24) is 10.6 Å². The number of nitrogens with one attached hydrogen (secondary N) is 2. The van der Waals surface area contributed by atoms with Crippen LogP contribution in [0.3, 0.4) is 0 Å². The Morgan fingerprint density at radius 1 is 1.40 bits per heavy atom. The molecule has 4 rings (SSSR count). The Bertz CT molecular complexity index is 566. The largest absolute Gasteiger partial charge is 0.335 e. The average Bonchev–Trinajstić information content (AvgIpc) is 3.04. The number of rotatable bonds is 1.